The Morgan fingerprint density at radius 2 is 1.97 bits per heavy atom. The average molecular weight is 434 g/mol. The third-order valence-corrected chi connectivity index (χ3v) is 5.98. The number of rotatable bonds is 10. The lowest BCUT2D eigenvalue weighted by molar-refractivity contribution is -0.116. The molecule has 0 aliphatic heterocycles. The van der Waals surface area contributed by atoms with Crippen LogP contribution < -0.4 is 5.32 Å². The van der Waals surface area contributed by atoms with E-state index in [4.69, 9.17) is 16.6 Å². The number of amides is 1. The van der Waals surface area contributed by atoms with Crippen molar-refractivity contribution in [3.8, 4) is 0 Å². The summed E-state index contributed by atoms with van der Waals surface area (Å²) in [6.45, 7) is 2.33. The Morgan fingerprint density at radius 3 is 2.76 bits per heavy atom. The molecule has 0 aliphatic carbocycles. The zero-order chi connectivity index (χ0) is 20.6. The zero-order valence-corrected chi connectivity index (χ0v) is 18.0. The summed E-state index contributed by atoms with van der Waals surface area (Å²) in [5, 5.41) is 3.77. The first-order chi connectivity index (χ1) is 14.1. The maximum absolute atomic E-state index is 13.2. The number of para-hydroxylation sites is 2. The predicted molar refractivity (Wildman–Crippen MR) is 119 cm³/mol. The molecule has 0 fully saturated rings. The molecule has 1 heterocycles. The molecule has 29 heavy (non-hydrogen) atoms. The molecule has 1 aromatic heterocycles. The van der Waals surface area contributed by atoms with Gasteiger partial charge in [0.1, 0.15) is 12.4 Å². The van der Waals surface area contributed by atoms with Crippen LogP contribution in [0, 0.1) is 5.82 Å². The molecule has 0 unspecified atom stereocenters. The number of benzene rings is 2. The number of unbranched alkanes of at least 4 members (excludes halogenated alkanes) is 4. The second kappa shape index (κ2) is 10.6. The van der Waals surface area contributed by atoms with Gasteiger partial charge in [-0.2, -0.15) is 0 Å². The van der Waals surface area contributed by atoms with Crippen molar-refractivity contribution >= 4 is 46.0 Å². The van der Waals surface area contributed by atoms with E-state index in [1.165, 1.54) is 43.9 Å². The van der Waals surface area contributed by atoms with Gasteiger partial charge in [0.15, 0.2) is 5.16 Å². The normalized spacial score (nSPS) is 11.1. The van der Waals surface area contributed by atoms with Crippen LogP contribution in [-0.4, -0.2) is 21.2 Å². The molecule has 0 atom stereocenters. The Kier molecular flexibility index (Phi) is 7.95. The third kappa shape index (κ3) is 5.97. The number of nitrogens with one attached hydrogen (secondary N) is 1. The van der Waals surface area contributed by atoms with E-state index in [2.05, 4.69) is 12.2 Å². The van der Waals surface area contributed by atoms with Gasteiger partial charge in [-0.3, -0.25) is 4.79 Å². The summed E-state index contributed by atoms with van der Waals surface area (Å²) in [6.07, 6.45) is 6.11. The maximum atomic E-state index is 13.2. The first kappa shape index (κ1) is 21.7. The fourth-order valence-corrected chi connectivity index (χ4v) is 4.34. The van der Waals surface area contributed by atoms with Crippen LogP contribution >= 0.6 is 23.4 Å². The van der Waals surface area contributed by atoms with E-state index in [1.807, 2.05) is 28.8 Å². The van der Waals surface area contributed by atoms with Crippen LogP contribution in [0.3, 0.4) is 0 Å². The van der Waals surface area contributed by atoms with E-state index >= 15 is 0 Å². The highest BCUT2D eigenvalue weighted by Crippen LogP contribution is 2.26. The second-order valence-electron chi connectivity index (χ2n) is 6.90. The van der Waals surface area contributed by atoms with Crippen LogP contribution in [0.25, 0.3) is 11.0 Å². The SMILES string of the molecule is CCCCCCCSc1nc2ccccc2n1CC(=O)Nc1ccc(F)cc1Cl. The molecule has 7 heteroatoms. The van der Waals surface area contributed by atoms with Gasteiger partial charge in [0, 0.05) is 5.75 Å². The molecular weight excluding hydrogens is 409 g/mol. The van der Waals surface area contributed by atoms with Crippen LogP contribution in [0.2, 0.25) is 5.02 Å². The Morgan fingerprint density at radius 1 is 1.17 bits per heavy atom. The lowest BCUT2D eigenvalue weighted by Crippen LogP contribution is -2.19. The number of imidazole rings is 1. The number of carbonyl (C=O) groups is 1. The van der Waals surface area contributed by atoms with Gasteiger partial charge >= 0.3 is 0 Å². The van der Waals surface area contributed by atoms with E-state index in [9.17, 15) is 9.18 Å². The lowest BCUT2D eigenvalue weighted by atomic mass is 10.2. The molecule has 4 nitrogen and oxygen atoms in total. The summed E-state index contributed by atoms with van der Waals surface area (Å²) in [4.78, 5) is 17.3. The van der Waals surface area contributed by atoms with Crippen LogP contribution in [0.5, 0.6) is 0 Å². The van der Waals surface area contributed by atoms with Crippen molar-refractivity contribution in [2.45, 2.75) is 50.7 Å². The highest BCUT2D eigenvalue weighted by molar-refractivity contribution is 7.99. The van der Waals surface area contributed by atoms with Gasteiger partial charge in [-0.1, -0.05) is 68.1 Å². The largest absolute Gasteiger partial charge is 0.323 e. The molecule has 2 aromatic carbocycles. The van der Waals surface area contributed by atoms with Crippen LogP contribution in [0.15, 0.2) is 47.6 Å². The van der Waals surface area contributed by atoms with Crippen molar-refractivity contribution in [2.24, 2.45) is 0 Å². The van der Waals surface area contributed by atoms with Crippen molar-refractivity contribution in [3.63, 3.8) is 0 Å². The number of hydrogen-bond acceptors (Lipinski definition) is 3. The fourth-order valence-electron chi connectivity index (χ4n) is 3.11. The molecule has 3 aromatic rings. The highest BCUT2D eigenvalue weighted by atomic mass is 35.5. The molecule has 1 N–H and O–H groups in total. The van der Waals surface area contributed by atoms with Gasteiger partial charge in [0.25, 0.3) is 0 Å². The second-order valence-corrected chi connectivity index (χ2v) is 8.37. The summed E-state index contributed by atoms with van der Waals surface area (Å²) < 4.78 is 15.2. The molecule has 0 radical (unpaired) electrons. The number of hydrogen-bond donors (Lipinski definition) is 1. The van der Waals surface area contributed by atoms with Crippen LogP contribution in [-0.2, 0) is 11.3 Å². The van der Waals surface area contributed by atoms with E-state index in [0.717, 1.165) is 28.4 Å². The smallest absolute Gasteiger partial charge is 0.244 e. The molecule has 0 saturated heterocycles. The van der Waals surface area contributed by atoms with Crippen LogP contribution in [0.4, 0.5) is 10.1 Å². The number of fused-ring (bicyclic) bond motifs is 1. The van der Waals surface area contributed by atoms with Crippen molar-refractivity contribution in [1.82, 2.24) is 9.55 Å². The van der Waals surface area contributed by atoms with Gasteiger partial charge in [0.2, 0.25) is 5.91 Å². The summed E-state index contributed by atoms with van der Waals surface area (Å²) in [5.74, 6) is 0.302. The maximum Gasteiger partial charge on any atom is 0.244 e. The minimum absolute atomic E-state index is 0.117. The Hall–Kier alpha value is -2.05. The van der Waals surface area contributed by atoms with Crippen molar-refractivity contribution < 1.29 is 9.18 Å². The van der Waals surface area contributed by atoms with Crippen LogP contribution in [0.1, 0.15) is 39.0 Å². The topological polar surface area (TPSA) is 46.9 Å². The Labute approximate surface area is 179 Å². The van der Waals surface area contributed by atoms with E-state index in [0.29, 0.717) is 5.69 Å². The number of carbonyl (C=O) groups excluding carboxylic acids is 1. The van der Waals surface area contributed by atoms with Gasteiger partial charge in [-0.05, 0) is 36.8 Å². The van der Waals surface area contributed by atoms with Crippen molar-refractivity contribution in [3.05, 3.63) is 53.3 Å². The molecule has 0 spiro atoms. The zero-order valence-electron chi connectivity index (χ0n) is 16.5. The highest BCUT2D eigenvalue weighted by Gasteiger charge is 2.15. The number of nitrogens with zero attached hydrogens (tertiary/aromatic N) is 2. The molecule has 1 amide bonds. The molecule has 0 bridgehead atoms. The van der Waals surface area contributed by atoms with Crippen molar-refractivity contribution in [2.75, 3.05) is 11.1 Å². The molecule has 0 saturated carbocycles. The number of halogens is 2. The third-order valence-electron chi connectivity index (χ3n) is 4.61. The summed E-state index contributed by atoms with van der Waals surface area (Å²) >= 11 is 7.70. The van der Waals surface area contributed by atoms with E-state index in [-0.39, 0.29) is 17.5 Å². The standard InChI is InChI=1S/C22H25ClFN3OS/c1-2-3-4-5-8-13-29-22-26-19-9-6-7-10-20(19)27(22)15-21(28)25-18-12-11-16(24)14-17(18)23/h6-7,9-12,14H,2-5,8,13,15H2,1H3,(H,25,28). The minimum Gasteiger partial charge on any atom is -0.323 e. The van der Waals surface area contributed by atoms with E-state index < -0.39 is 5.82 Å². The first-order valence-electron chi connectivity index (χ1n) is 9.91. The fraction of sp³-hybridized carbons (Fsp3) is 0.364. The Balaban J connectivity index is 1.70. The Bertz CT molecular complexity index is 976. The van der Waals surface area contributed by atoms with Gasteiger partial charge in [-0.25, -0.2) is 9.37 Å². The number of anilines is 1. The lowest BCUT2D eigenvalue weighted by Gasteiger charge is -2.11. The summed E-state index contributed by atoms with van der Waals surface area (Å²) in [7, 11) is 0. The number of aromatic nitrogens is 2. The van der Waals surface area contributed by atoms with E-state index in [1.54, 1.807) is 11.8 Å². The molecular formula is C22H25ClFN3OS. The van der Waals surface area contributed by atoms with Crippen molar-refractivity contribution in [1.29, 1.82) is 0 Å². The molecule has 0 aliphatic rings. The quantitative estimate of drug-likeness (QED) is 0.292. The van der Waals surface area contributed by atoms with Gasteiger partial charge < -0.3 is 9.88 Å². The summed E-state index contributed by atoms with van der Waals surface area (Å²) in [6, 6.07) is 11.7. The monoisotopic (exact) mass is 433 g/mol. The minimum atomic E-state index is -0.439. The molecule has 154 valence electrons. The predicted octanol–water partition coefficient (Wildman–Crippen LogP) is 6.53. The first-order valence-corrected chi connectivity index (χ1v) is 11.3. The molecule has 3 rings (SSSR count). The van der Waals surface area contributed by atoms with Gasteiger partial charge in [-0.15, -0.1) is 0 Å². The average Bonchev–Trinajstić information content (AvgIpc) is 3.04. The number of thioether (sulfide) groups is 1. The van der Waals surface area contributed by atoms with Gasteiger partial charge in [0.05, 0.1) is 21.7 Å². The summed E-state index contributed by atoms with van der Waals surface area (Å²) in [5.41, 5.74) is 2.18.